The third-order valence-electron chi connectivity index (χ3n) is 14.8. The van der Waals surface area contributed by atoms with E-state index in [1.54, 1.807) is 0 Å². The lowest BCUT2D eigenvalue weighted by molar-refractivity contribution is -0.870. The van der Waals surface area contributed by atoms with Crippen LogP contribution >= 0.6 is 0 Å². The van der Waals surface area contributed by atoms with Gasteiger partial charge in [-0.2, -0.15) is 0 Å². The molecule has 0 heterocycles. The summed E-state index contributed by atoms with van der Waals surface area (Å²) in [6.07, 6.45) is 84.9. The Labute approximate surface area is 512 Å². The summed E-state index contributed by atoms with van der Waals surface area (Å²) in [7, 11) is 5.92. The fourth-order valence-electron chi connectivity index (χ4n) is 9.57. The van der Waals surface area contributed by atoms with Gasteiger partial charge in [-0.3, -0.25) is 9.59 Å². The average Bonchev–Trinajstić information content (AvgIpc) is 3.46. The number of quaternary nitrogens is 1. The zero-order chi connectivity index (χ0) is 60.5. The summed E-state index contributed by atoms with van der Waals surface area (Å²) in [5.74, 6) is -2.31. The molecule has 2 unspecified atom stereocenters. The molecule has 0 aliphatic heterocycles. The molecule has 9 heteroatoms. The van der Waals surface area contributed by atoms with Crippen LogP contribution in [0.3, 0.4) is 0 Å². The molecule has 0 spiro atoms. The number of carbonyl (C=O) groups is 3. The molecule has 0 aliphatic carbocycles. The SMILES string of the molecule is CC/C=C\C/C=C\C/C=C\C/C=C\C/C=C\C/C=C\C/C=C\CCCCCCCC(=O)OC(COC(=O)CCCCCCCCCCCCCCCCCCCCC/C=C\CCCCCCCCCC)COC(OCC[N+](C)(C)C)C(=O)[O-]. The first kappa shape index (κ1) is 79.2. The molecule has 0 aromatic carbocycles. The van der Waals surface area contributed by atoms with E-state index >= 15 is 0 Å². The molecule has 0 rings (SSSR count). The Kier molecular flexibility index (Phi) is 61.3. The Balaban J connectivity index is 4.16. The predicted molar refractivity (Wildman–Crippen MR) is 352 cm³/mol. The number of nitrogens with zero attached hydrogens (tertiary/aromatic N) is 1. The van der Waals surface area contributed by atoms with Gasteiger partial charge in [0.2, 0.25) is 0 Å². The van der Waals surface area contributed by atoms with Crippen LogP contribution in [-0.4, -0.2) is 82.3 Å². The van der Waals surface area contributed by atoms with Crippen LogP contribution in [0.25, 0.3) is 0 Å². The number of hydrogen-bond acceptors (Lipinski definition) is 8. The Bertz CT molecular complexity index is 1680. The van der Waals surface area contributed by atoms with Gasteiger partial charge in [0.05, 0.1) is 40.3 Å². The van der Waals surface area contributed by atoms with E-state index in [0.29, 0.717) is 17.4 Å². The van der Waals surface area contributed by atoms with Crippen LogP contribution in [0.2, 0.25) is 0 Å². The van der Waals surface area contributed by atoms with Crippen LogP contribution in [0.15, 0.2) is 97.2 Å². The molecule has 0 aliphatic rings. The molecular weight excluding hydrogens is 1030 g/mol. The first-order valence-corrected chi connectivity index (χ1v) is 34.4. The number of aliphatic carboxylic acids is 1. The number of unbranched alkanes of at least 4 members (excludes halogenated alkanes) is 32. The molecule has 0 amide bonds. The van der Waals surface area contributed by atoms with Gasteiger partial charge in [-0.05, 0) is 96.3 Å². The Morgan fingerprint density at radius 3 is 1.04 bits per heavy atom. The van der Waals surface area contributed by atoms with Crippen molar-refractivity contribution in [3.8, 4) is 0 Å². The zero-order valence-electron chi connectivity index (χ0n) is 54.5. The second kappa shape index (κ2) is 64.2. The predicted octanol–water partition coefficient (Wildman–Crippen LogP) is 19.9. The minimum Gasteiger partial charge on any atom is -0.545 e. The summed E-state index contributed by atoms with van der Waals surface area (Å²) >= 11 is 0. The van der Waals surface area contributed by atoms with E-state index in [0.717, 1.165) is 96.3 Å². The van der Waals surface area contributed by atoms with E-state index in [4.69, 9.17) is 18.9 Å². The number of carbonyl (C=O) groups excluding carboxylic acids is 3. The summed E-state index contributed by atoms with van der Waals surface area (Å²) in [6.45, 7) is 4.63. The van der Waals surface area contributed by atoms with Crippen LogP contribution in [0, 0.1) is 0 Å². The first-order chi connectivity index (χ1) is 40.6. The zero-order valence-corrected chi connectivity index (χ0v) is 54.5. The number of carboxylic acids is 1. The minimum absolute atomic E-state index is 0.140. The van der Waals surface area contributed by atoms with Gasteiger partial charge in [-0.25, -0.2) is 0 Å². The largest absolute Gasteiger partial charge is 0.545 e. The van der Waals surface area contributed by atoms with Crippen molar-refractivity contribution >= 4 is 17.9 Å². The van der Waals surface area contributed by atoms with Crippen molar-refractivity contribution < 1.29 is 42.9 Å². The number of carboxylic acid groups (broad SMARTS) is 1. The topological polar surface area (TPSA) is 111 Å². The molecule has 83 heavy (non-hydrogen) atoms. The van der Waals surface area contributed by atoms with Crippen molar-refractivity contribution in [3.63, 3.8) is 0 Å². The number of esters is 2. The molecule has 0 saturated heterocycles. The molecule has 0 fully saturated rings. The number of hydrogen-bond donors (Lipinski definition) is 0. The third kappa shape index (κ3) is 65.6. The smallest absolute Gasteiger partial charge is 0.306 e. The molecule has 0 radical (unpaired) electrons. The van der Waals surface area contributed by atoms with Gasteiger partial charge in [-0.15, -0.1) is 0 Å². The van der Waals surface area contributed by atoms with Crippen LogP contribution < -0.4 is 5.11 Å². The molecule has 2 atom stereocenters. The second-order valence-corrected chi connectivity index (χ2v) is 24.1. The van der Waals surface area contributed by atoms with E-state index in [2.05, 4.69) is 111 Å². The van der Waals surface area contributed by atoms with Gasteiger partial charge in [0.1, 0.15) is 13.2 Å². The maximum atomic E-state index is 12.9. The van der Waals surface area contributed by atoms with Gasteiger partial charge >= 0.3 is 11.9 Å². The van der Waals surface area contributed by atoms with E-state index in [1.165, 1.54) is 167 Å². The quantitative estimate of drug-likeness (QED) is 0.0195. The summed E-state index contributed by atoms with van der Waals surface area (Å²) < 4.78 is 22.8. The van der Waals surface area contributed by atoms with Crippen molar-refractivity contribution in [1.29, 1.82) is 0 Å². The summed E-state index contributed by atoms with van der Waals surface area (Å²) in [4.78, 5) is 37.5. The molecule has 9 nitrogen and oxygen atoms in total. The maximum absolute atomic E-state index is 12.9. The van der Waals surface area contributed by atoms with Crippen molar-refractivity contribution in [2.75, 3.05) is 47.5 Å². The van der Waals surface area contributed by atoms with Crippen LogP contribution in [0.4, 0.5) is 0 Å². The standard InChI is InChI=1S/C74H129NO8/c1-6-8-10-12-14-16-18-20-22-24-26-28-30-32-34-35-36-37-39-40-42-44-46-48-50-52-54-56-58-60-62-64-71(76)81-68-70(69-82-74(73(78)79)80-67-66-75(3,4)5)83-72(77)65-63-61-59-57-55-53-51-49-47-45-43-41-38-33-31-29-27-25-23-21-19-17-15-13-11-9-7-2/h9,11,15,17,21,23-24,26-27,29,33,38,43,45,49,51,70,74H,6-8,10,12-14,16,18-20,22,25,28,30-32,34-37,39-42,44,46-48,50,52-69H2,1-5H3/b11-9-,17-15-,23-21-,26-24-,29-27-,38-33-,45-43-,51-49-. The molecular formula is C74H129NO8. The molecule has 0 aromatic heterocycles. The lowest BCUT2D eigenvalue weighted by Crippen LogP contribution is -2.44. The monoisotopic (exact) mass is 1160 g/mol. The highest BCUT2D eigenvalue weighted by Crippen LogP contribution is 2.17. The van der Waals surface area contributed by atoms with Crippen molar-refractivity contribution in [2.24, 2.45) is 0 Å². The van der Waals surface area contributed by atoms with Crippen molar-refractivity contribution in [2.45, 2.75) is 309 Å². The molecule has 0 N–H and O–H groups in total. The van der Waals surface area contributed by atoms with Crippen molar-refractivity contribution in [1.82, 2.24) is 0 Å². The number of likely N-dealkylation sites (N-methyl/N-ethyl adjacent to an activating group) is 1. The number of ether oxygens (including phenoxy) is 4. The molecule has 478 valence electrons. The van der Waals surface area contributed by atoms with E-state index < -0.39 is 24.3 Å². The Hall–Kier alpha value is -3.79. The maximum Gasteiger partial charge on any atom is 0.306 e. The van der Waals surface area contributed by atoms with Crippen LogP contribution in [-0.2, 0) is 33.3 Å². The molecule has 0 bridgehead atoms. The second-order valence-electron chi connectivity index (χ2n) is 24.1. The highest BCUT2D eigenvalue weighted by molar-refractivity contribution is 5.70. The highest BCUT2D eigenvalue weighted by atomic mass is 16.7. The van der Waals surface area contributed by atoms with Gasteiger partial charge in [0.25, 0.3) is 0 Å². The fourth-order valence-corrected chi connectivity index (χ4v) is 9.57. The van der Waals surface area contributed by atoms with E-state index in [-0.39, 0.29) is 38.6 Å². The number of rotatable bonds is 63. The number of allylic oxidation sites excluding steroid dienone is 16. The Morgan fingerprint density at radius 1 is 0.373 bits per heavy atom. The summed E-state index contributed by atoms with van der Waals surface area (Å²) in [6, 6.07) is 0. The van der Waals surface area contributed by atoms with Gasteiger partial charge in [0, 0.05) is 12.8 Å². The van der Waals surface area contributed by atoms with Crippen LogP contribution in [0.1, 0.15) is 296 Å². The lowest BCUT2D eigenvalue weighted by atomic mass is 10.0. The normalized spacial score (nSPS) is 13.3. The fraction of sp³-hybridized carbons (Fsp3) is 0.743. The van der Waals surface area contributed by atoms with Crippen molar-refractivity contribution in [3.05, 3.63) is 97.2 Å². The third-order valence-corrected chi connectivity index (χ3v) is 14.8. The van der Waals surface area contributed by atoms with Gasteiger partial charge < -0.3 is 33.3 Å². The van der Waals surface area contributed by atoms with Gasteiger partial charge in [-0.1, -0.05) is 284 Å². The molecule has 0 saturated carbocycles. The van der Waals surface area contributed by atoms with E-state index in [1.807, 2.05) is 21.1 Å². The minimum atomic E-state index is -1.63. The summed E-state index contributed by atoms with van der Waals surface area (Å²) in [5.41, 5.74) is 0. The average molecular weight is 1160 g/mol. The first-order valence-electron chi connectivity index (χ1n) is 34.4. The highest BCUT2D eigenvalue weighted by Gasteiger charge is 2.22. The van der Waals surface area contributed by atoms with Crippen LogP contribution in [0.5, 0.6) is 0 Å². The molecule has 0 aromatic rings. The Morgan fingerprint density at radius 2 is 0.687 bits per heavy atom. The summed E-state index contributed by atoms with van der Waals surface area (Å²) in [5, 5.41) is 11.8. The van der Waals surface area contributed by atoms with Gasteiger partial charge in [0.15, 0.2) is 12.4 Å². The lowest BCUT2D eigenvalue weighted by Gasteiger charge is -2.26. The van der Waals surface area contributed by atoms with E-state index in [9.17, 15) is 19.5 Å².